The highest BCUT2D eigenvalue weighted by atomic mass is 15.1. The van der Waals surface area contributed by atoms with Gasteiger partial charge in [0.1, 0.15) is 0 Å². The first kappa shape index (κ1) is 14.5. The van der Waals surface area contributed by atoms with Gasteiger partial charge in [0.05, 0.1) is 6.54 Å². The lowest BCUT2D eigenvalue weighted by Crippen LogP contribution is -2.31. The molecule has 0 spiro atoms. The van der Waals surface area contributed by atoms with Crippen LogP contribution in [0.5, 0.6) is 0 Å². The molecular formula is C15H28N2. The van der Waals surface area contributed by atoms with Crippen LogP contribution in [0.2, 0.25) is 0 Å². The second-order valence-corrected chi connectivity index (χ2v) is 5.85. The third-order valence-corrected chi connectivity index (χ3v) is 3.45. The summed E-state index contributed by atoms with van der Waals surface area (Å²) in [6.45, 7) is 7.59. The second kappa shape index (κ2) is 7.74. The summed E-state index contributed by atoms with van der Waals surface area (Å²) in [6, 6.07) is 0.343. The van der Waals surface area contributed by atoms with E-state index in [0.717, 1.165) is 31.3 Å². The minimum Gasteiger partial charge on any atom is -0.328 e. The minimum atomic E-state index is 0.343. The molecule has 2 unspecified atom stereocenters. The molecule has 2 nitrogen and oxygen atoms in total. The third-order valence-electron chi connectivity index (χ3n) is 3.45. The number of nitrogens with zero attached hydrogens (tertiary/aromatic N) is 1. The van der Waals surface area contributed by atoms with Crippen molar-refractivity contribution >= 4 is 0 Å². The van der Waals surface area contributed by atoms with Crippen LogP contribution in [0.25, 0.3) is 0 Å². The van der Waals surface area contributed by atoms with Gasteiger partial charge >= 0.3 is 0 Å². The van der Waals surface area contributed by atoms with Gasteiger partial charge in [0.25, 0.3) is 0 Å². The van der Waals surface area contributed by atoms with E-state index < -0.39 is 0 Å². The SMILES string of the molecule is C#CCN(CC(C)CCCC(C)N)CC1CC1. The summed E-state index contributed by atoms with van der Waals surface area (Å²) >= 11 is 0. The topological polar surface area (TPSA) is 29.3 Å². The smallest absolute Gasteiger partial charge is 0.0599 e. The minimum absolute atomic E-state index is 0.343. The van der Waals surface area contributed by atoms with E-state index in [1.807, 2.05) is 0 Å². The van der Waals surface area contributed by atoms with Gasteiger partial charge in [-0.25, -0.2) is 0 Å². The highest BCUT2D eigenvalue weighted by Gasteiger charge is 2.24. The fourth-order valence-electron chi connectivity index (χ4n) is 2.32. The quantitative estimate of drug-likeness (QED) is 0.623. The molecule has 0 aromatic carbocycles. The molecule has 2 N–H and O–H groups in total. The average Bonchev–Trinajstić information content (AvgIpc) is 3.01. The zero-order valence-corrected chi connectivity index (χ0v) is 11.5. The highest BCUT2D eigenvalue weighted by Crippen LogP contribution is 2.30. The lowest BCUT2D eigenvalue weighted by Gasteiger charge is -2.23. The molecule has 1 aliphatic rings. The first-order chi connectivity index (χ1) is 8.11. The molecule has 1 saturated carbocycles. The fourth-order valence-corrected chi connectivity index (χ4v) is 2.32. The highest BCUT2D eigenvalue weighted by molar-refractivity contribution is 4.90. The molecular weight excluding hydrogens is 208 g/mol. The van der Waals surface area contributed by atoms with Crippen LogP contribution in [-0.4, -0.2) is 30.6 Å². The van der Waals surface area contributed by atoms with Crippen molar-refractivity contribution in [2.45, 2.75) is 52.0 Å². The molecule has 0 bridgehead atoms. The van der Waals surface area contributed by atoms with E-state index in [1.54, 1.807) is 0 Å². The number of rotatable bonds is 9. The molecule has 0 aromatic rings. The predicted octanol–water partition coefficient (Wildman–Crippen LogP) is 2.49. The molecule has 0 aliphatic heterocycles. The first-order valence-electron chi connectivity index (χ1n) is 7.03. The zero-order valence-electron chi connectivity index (χ0n) is 11.5. The summed E-state index contributed by atoms with van der Waals surface area (Å²) in [5.74, 6) is 4.45. The van der Waals surface area contributed by atoms with Crippen LogP contribution in [-0.2, 0) is 0 Å². The number of hydrogen-bond donors (Lipinski definition) is 1. The van der Waals surface area contributed by atoms with Crippen molar-refractivity contribution in [2.75, 3.05) is 19.6 Å². The van der Waals surface area contributed by atoms with E-state index in [-0.39, 0.29) is 0 Å². The maximum Gasteiger partial charge on any atom is 0.0599 e. The molecule has 2 heteroatoms. The van der Waals surface area contributed by atoms with Crippen LogP contribution in [0.3, 0.4) is 0 Å². The Morgan fingerprint density at radius 1 is 1.35 bits per heavy atom. The molecule has 98 valence electrons. The van der Waals surface area contributed by atoms with Gasteiger partial charge < -0.3 is 5.73 Å². The lowest BCUT2D eigenvalue weighted by atomic mass is 10.0. The molecule has 1 rings (SSSR count). The van der Waals surface area contributed by atoms with Crippen molar-refractivity contribution in [3.8, 4) is 12.3 Å². The van der Waals surface area contributed by atoms with Crippen LogP contribution >= 0.6 is 0 Å². The van der Waals surface area contributed by atoms with Gasteiger partial charge in [-0.2, -0.15) is 0 Å². The van der Waals surface area contributed by atoms with E-state index in [4.69, 9.17) is 12.2 Å². The van der Waals surface area contributed by atoms with Crippen molar-refractivity contribution in [1.82, 2.24) is 4.90 Å². The van der Waals surface area contributed by atoms with Crippen molar-refractivity contribution in [2.24, 2.45) is 17.6 Å². The largest absolute Gasteiger partial charge is 0.328 e. The second-order valence-electron chi connectivity index (χ2n) is 5.85. The fraction of sp³-hybridized carbons (Fsp3) is 0.867. The number of nitrogens with two attached hydrogens (primary N) is 1. The molecule has 0 heterocycles. The average molecular weight is 236 g/mol. The predicted molar refractivity (Wildman–Crippen MR) is 74.7 cm³/mol. The van der Waals surface area contributed by atoms with Gasteiger partial charge in [-0.3, -0.25) is 4.90 Å². The number of hydrogen-bond acceptors (Lipinski definition) is 2. The Kier molecular flexibility index (Phi) is 6.62. The van der Waals surface area contributed by atoms with E-state index in [0.29, 0.717) is 6.04 Å². The van der Waals surface area contributed by atoms with E-state index >= 15 is 0 Å². The summed E-state index contributed by atoms with van der Waals surface area (Å²) in [7, 11) is 0. The van der Waals surface area contributed by atoms with Crippen LogP contribution in [0.1, 0.15) is 46.0 Å². The summed E-state index contributed by atoms with van der Waals surface area (Å²) in [5, 5.41) is 0. The molecule has 1 aliphatic carbocycles. The normalized spacial score (nSPS) is 19.0. The van der Waals surface area contributed by atoms with Crippen molar-refractivity contribution in [3.05, 3.63) is 0 Å². The Labute approximate surface area is 107 Å². The van der Waals surface area contributed by atoms with Crippen molar-refractivity contribution in [3.63, 3.8) is 0 Å². The maximum atomic E-state index is 5.76. The van der Waals surface area contributed by atoms with Crippen LogP contribution in [0, 0.1) is 24.2 Å². The standard InChI is InChI=1S/C15H28N2/c1-4-10-17(12-15-8-9-15)11-13(2)6-5-7-14(3)16/h1,13-15H,5-12,16H2,2-3H3. The van der Waals surface area contributed by atoms with E-state index in [2.05, 4.69) is 24.7 Å². The Morgan fingerprint density at radius 3 is 2.59 bits per heavy atom. The molecule has 1 fully saturated rings. The number of terminal acetylenes is 1. The molecule has 2 atom stereocenters. The van der Waals surface area contributed by atoms with Crippen LogP contribution in [0.15, 0.2) is 0 Å². The van der Waals surface area contributed by atoms with Gasteiger partial charge in [0, 0.05) is 19.1 Å². The van der Waals surface area contributed by atoms with Crippen LogP contribution in [0.4, 0.5) is 0 Å². The summed E-state index contributed by atoms with van der Waals surface area (Å²) < 4.78 is 0. The van der Waals surface area contributed by atoms with Crippen LogP contribution < -0.4 is 5.73 Å². The van der Waals surface area contributed by atoms with Gasteiger partial charge in [0.15, 0.2) is 0 Å². The summed E-state index contributed by atoms with van der Waals surface area (Å²) in [5.41, 5.74) is 5.76. The molecule has 0 radical (unpaired) electrons. The van der Waals surface area contributed by atoms with Gasteiger partial charge in [-0.1, -0.05) is 19.3 Å². The first-order valence-corrected chi connectivity index (χ1v) is 7.03. The summed E-state index contributed by atoms with van der Waals surface area (Å²) in [4.78, 5) is 2.45. The lowest BCUT2D eigenvalue weighted by molar-refractivity contribution is 0.245. The van der Waals surface area contributed by atoms with Gasteiger partial charge in [-0.15, -0.1) is 6.42 Å². The van der Waals surface area contributed by atoms with Gasteiger partial charge in [-0.05, 0) is 44.4 Å². The Hall–Kier alpha value is -0.520. The molecule has 0 saturated heterocycles. The van der Waals surface area contributed by atoms with E-state index in [9.17, 15) is 0 Å². The Balaban J connectivity index is 2.15. The molecule has 17 heavy (non-hydrogen) atoms. The Morgan fingerprint density at radius 2 is 2.06 bits per heavy atom. The van der Waals surface area contributed by atoms with Crippen molar-refractivity contribution < 1.29 is 0 Å². The van der Waals surface area contributed by atoms with Crippen molar-refractivity contribution in [1.29, 1.82) is 0 Å². The summed E-state index contributed by atoms with van der Waals surface area (Å²) in [6.07, 6.45) is 11.9. The molecule has 0 amide bonds. The third kappa shape index (κ3) is 7.41. The zero-order chi connectivity index (χ0) is 12.7. The maximum absolute atomic E-state index is 5.76. The van der Waals surface area contributed by atoms with E-state index in [1.165, 1.54) is 32.2 Å². The monoisotopic (exact) mass is 236 g/mol. The van der Waals surface area contributed by atoms with Gasteiger partial charge in [0.2, 0.25) is 0 Å². The Bertz CT molecular complexity index is 238. The molecule has 0 aromatic heterocycles.